The van der Waals surface area contributed by atoms with Crippen molar-refractivity contribution in [2.45, 2.75) is 79.1 Å². The molecule has 0 radical (unpaired) electrons. The van der Waals surface area contributed by atoms with Gasteiger partial charge in [-0.15, -0.1) is 0 Å². The van der Waals surface area contributed by atoms with E-state index in [-0.39, 0.29) is 18.0 Å². The van der Waals surface area contributed by atoms with Crippen LogP contribution in [0.1, 0.15) is 60.8 Å². The van der Waals surface area contributed by atoms with Gasteiger partial charge in [-0.3, -0.25) is 4.79 Å². The summed E-state index contributed by atoms with van der Waals surface area (Å²) in [5.74, 6) is -0.0997. The molecule has 3 atom stereocenters. The average Bonchev–Trinajstić information content (AvgIpc) is 2.52. The van der Waals surface area contributed by atoms with E-state index in [0.29, 0.717) is 6.42 Å². The van der Waals surface area contributed by atoms with E-state index in [0.717, 1.165) is 29.6 Å². The Balaban J connectivity index is 3.32. The SMILES string of the molecule is CC(=O)OC1C/C(C)=C/[C@@H](O)[C@@H](O)/C(C)=C/CC/C(C)=C/C=C\1C(C)C. The highest BCUT2D eigenvalue weighted by atomic mass is 16.5. The fraction of sp³-hybridized carbons (Fsp3) is 0.591. The Labute approximate surface area is 158 Å². The number of aliphatic hydroxyl groups is 2. The summed E-state index contributed by atoms with van der Waals surface area (Å²) in [7, 11) is 0. The lowest BCUT2D eigenvalue weighted by atomic mass is 9.91. The van der Waals surface area contributed by atoms with Crippen LogP contribution in [0.4, 0.5) is 0 Å². The smallest absolute Gasteiger partial charge is 0.303 e. The average molecular weight is 363 g/mol. The third-order valence-corrected chi connectivity index (χ3v) is 4.66. The molecular formula is C22H34O4. The van der Waals surface area contributed by atoms with Gasteiger partial charge in [0.1, 0.15) is 18.3 Å². The van der Waals surface area contributed by atoms with Crippen LogP contribution in [0.2, 0.25) is 0 Å². The third kappa shape index (κ3) is 7.30. The molecule has 0 aromatic carbocycles. The van der Waals surface area contributed by atoms with Gasteiger partial charge in [-0.05, 0) is 50.7 Å². The second kappa shape index (κ2) is 10.5. The number of rotatable bonds is 2. The van der Waals surface area contributed by atoms with Crippen molar-refractivity contribution in [1.29, 1.82) is 0 Å². The predicted molar refractivity (Wildman–Crippen MR) is 106 cm³/mol. The monoisotopic (exact) mass is 362 g/mol. The first kappa shape index (κ1) is 22.4. The standard InChI is InChI=1S/C22H34O4/c1-14(2)19-11-10-15(3)8-7-9-17(5)22(25)20(24)12-16(4)13-21(19)26-18(6)23/h9-12,14,20-22,24-25H,7-8,13H2,1-6H3/b15-10+,16-12+,17-9+,19-11-/t20-,21?,22+/m1/s1. The summed E-state index contributed by atoms with van der Waals surface area (Å²) in [6.45, 7) is 11.4. The van der Waals surface area contributed by atoms with Gasteiger partial charge in [0.25, 0.3) is 0 Å². The van der Waals surface area contributed by atoms with Crippen molar-refractivity contribution >= 4 is 5.97 Å². The molecule has 0 saturated carbocycles. The van der Waals surface area contributed by atoms with E-state index >= 15 is 0 Å². The lowest BCUT2D eigenvalue weighted by Crippen LogP contribution is -2.26. The molecule has 0 fully saturated rings. The van der Waals surface area contributed by atoms with Gasteiger partial charge in [0.05, 0.1) is 0 Å². The second-order valence-corrected chi connectivity index (χ2v) is 7.57. The minimum Gasteiger partial charge on any atom is -0.458 e. The van der Waals surface area contributed by atoms with E-state index in [1.54, 1.807) is 6.08 Å². The Kier molecular flexibility index (Phi) is 9.03. The van der Waals surface area contributed by atoms with Crippen LogP contribution in [0.5, 0.6) is 0 Å². The quantitative estimate of drug-likeness (QED) is 0.569. The molecule has 0 amide bonds. The third-order valence-electron chi connectivity index (χ3n) is 4.66. The Bertz CT molecular complexity index is 608. The summed E-state index contributed by atoms with van der Waals surface area (Å²) >= 11 is 0. The maximum Gasteiger partial charge on any atom is 0.303 e. The van der Waals surface area contributed by atoms with Crippen LogP contribution in [0.3, 0.4) is 0 Å². The summed E-state index contributed by atoms with van der Waals surface area (Å²) in [4.78, 5) is 11.6. The fourth-order valence-electron chi connectivity index (χ4n) is 3.08. The number of carbonyl (C=O) groups is 1. The summed E-state index contributed by atoms with van der Waals surface area (Å²) in [6.07, 6.45) is 7.67. The molecule has 26 heavy (non-hydrogen) atoms. The molecule has 0 aromatic heterocycles. The van der Waals surface area contributed by atoms with E-state index in [1.165, 1.54) is 12.5 Å². The van der Waals surface area contributed by atoms with Crippen LogP contribution in [0.25, 0.3) is 0 Å². The molecule has 1 unspecified atom stereocenters. The normalized spacial score (nSPS) is 34.3. The first-order chi connectivity index (χ1) is 12.1. The van der Waals surface area contributed by atoms with E-state index in [1.807, 2.05) is 19.9 Å². The highest BCUT2D eigenvalue weighted by Gasteiger charge is 2.22. The minimum atomic E-state index is -0.977. The van der Waals surface area contributed by atoms with Gasteiger partial charge >= 0.3 is 5.97 Å². The van der Waals surface area contributed by atoms with Gasteiger partial charge in [-0.1, -0.05) is 49.3 Å². The summed E-state index contributed by atoms with van der Waals surface area (Å²) in [5, 5.41) is 20.6. The maximum absolute atomic E-state index is 11.6. The van der Waals surface area contributed by atoms with Crippen LogP contribution in [-0.4, -0.2) is 34.5 Å². The fourth-order valence-corrected chi connectivity index (χ4v) is 3.08. The molecule has 0 heterocycles. The van der Waals surface area contributed by atoms with Crippen molar-refractivity contribution in [3.63, 3.8) is 0 Å². The Morgan fingerprint density at radius 2 is 1.81 bits per heavy atom. The molecule has 4 nitrogen and oxygen atoms in total. The summed E-state index contributed by atoms with van der Waals surface area (Å²) in [6, 6.07) is 0. The molecule has 0 saturated heterocycles. The van der Waals surface area contributed by atoms with E-state index in [4.69, 9.17) is 4.74 Å². The van der Waals surface area contributed by atoms with Crippen molar-refractivity contribution in [1.82, 2.24) is 0 Å². The Hall–Kier alpha value is -1.65. The topological polar surface area (TPSA) is 66.8 Å². The number of hydrogen-bond acceptors (Lipinski definition) is 4. The molecule has 2 N–H and O–H groups in total. The zero-order valence-corrected chi connectivity index (χ0v) is 17.0. The highest BCUT2D eigenvalue weighted by Crippen LogP contribution is 2.25. The summed E-state index contributed by atoms with van der Waals surface area (Å²) in [5.41, 5.74) is 3.90. The van der Waals surface area contributed by atoms with Crippen molar-refractivity contribution < 1.29 is 19.7 Å². The Morgan fingerprint density at radius 3 is 2.38 bits per heavy atom. The van der Waals surface area contributed by atoms with Crippen LogP contribution in [-0.2, 0) is 9.53 Å². The number of hydrogen-bond donors (Lipinski definition) is 2. The second-order valence-electron chi connectivity index (χ2n) is 7.57. The molecule has 146 valence electrons. The Morgan fingerprint density at radius 1 is 1.15 bits per heavy atom. The van der Waals surface area contributed by atoms with Crippen LogP contribution >= 0.6 is 0 Å². The van der Waals surface area contributed by atoms with E-state index in [2.05, 4.69) is 32.9 Å². The van der Waals surface area contributed by atoms with E-state index < -0.39 is 12.2 Å². The van der Waals surface area contributed by atoms with Gasteiger partial charge in [-0.25, -0.2) is 0 Å². The van der Waals surface area contributed by atoms with Gasteiger partial charge in [-0.2, -0.15) is 0 Å². The predicted octanol–water partition coefficient (Wildman–Crippen LogP) is 4.25. The molecule has 1 rings (SSSR count). The molecule has 1 aliphatic carbocycles. The van der Waals surface area contributed by atoms with Gasteiger partial charge in [0, 0.05) is 13.3 Å². The molecule has 4 heteroatoms. The lowest BCUT2D eigenvalue weighted by Gasteiger charge is -2.24. The first-order valence-corrected chi connectivity index (χ1v) is 9.36. The number of carbonyl (C=O) groups excluding carboxylic acids is 1. The first-order valence-electron chi connectivity index (χ1n) is 9.36. The molecule has 0 aromatic rings. The number of esters is 1. The van der Waals surface area contributed by atoms with Crippen molar-refractivity contribution in [2.75, 3.05) is 0 Å². The van der Waals surface area contributed by atoms with Crippen LogP contribution in [0, 0.1) is 5.92 Å². The number of aliphatic hydroxyl groups excluding tert-OH is 2. The summed E-state index contributed by atoms with van der Waals surface area (Å²) < 4.78 is 5.58. The number of allylic oxidation sites excluding steroid dienone is 4. The largest absolute Gasteiger partial charge is 0.458 e. The molecular weight excluding hydrogens is 328 g/mol. The lowest BCUT2D eigenvalue weighted by molar-refractivity contribution is -0.144. The van der Waals surface area contributed by atoms with Gasteiger partial charge < -0.3 is 14.9 Å². The molecule has 0 bridgehead atoms. The van der Waals surface area contributed by atoms with Crippen molar-refractivity contribution in [3.8, 4) is 0 Å². The molecule has 0 spiro atoms. The van der Waals surface area contributed by atoms with E-state index in [9.17, 15) is 15.0 Å². The zero-order valence-electron chi connectivity index (χ0n) is 17.0. The maximum atomic E-state index is 11.6. The molecule has 0 aliphatic heterocycles. The van der Waals surface area contributed by atoms with Crippen LogP contribution in [0.15, 0.2) is 46.6 Å². The molecule has 1 aliphatic rings. The van der Waals surface area contributed by atoms with Crippen molar-refractivity contribution in [2.24, 2.45) is 5.92 Å². The van der Waals surface area contributed by atoms with Gasteiger partial charge in [0.15, 0.2) is 0 Å². The van der Waals surface area contributed by atoms with Crippen LogP contribution < -0.4 is 0 Å². The van der Waals surface area contributed by atoms with Gasteiger partial charge in [0.2, 0.25) is 0 Å². The number of ether oxygens (including phenoxy) is 1. The highest BCUT2D eigenvalue weighted by molar-refractivity contribution is 5.66. The zero-order chi connectivity index (χ0) is 19.9. The minimum absolute atomic E-state index is 0.224. The van der Waals surface area contributed by atoms with Crippen molar-refractivity contribution in [3.05, 3.63) is 46.6 Å².